The molecule has 0 bridgehead atoms. The zero-order valence-electron chi connectivity index (χ0n) is 18.8. The fraction of sp³-hybridized carbons (Fsp3) is 0.370. The topological polar surface area (TPSA) is 42.0 Å². The van der Waals surface area contributed by atoms with Crippen molar-refractivity contribution >= 4 is 16.7 Å². The molecule has 0 saturated carbocycles. The van der Waals surface area contributed by atoms with Crippen molar-refractivity contribution in [2.75, 3.05) is 46.0 Å². The Morgan fingerprint density at radius 2 is 1.75 bits per heavy atom. The highest BCUT2D eigenvalue weighted by atomic mass is 16.5. The third-order valence-electron chi connectivity index (χ3n) is 5.92. The standard InChI is InChI=1S/C27H32N2O3/c1-2-32-24-13-11-22(12-14-24)21-29(16-6-15-28-17-19-31-20-18-28)27(30)26-10-5-8-23-7-3-4-9-25(23)26/h3-5,7-14H,2,6,15-21H2,1H3. The molecule has 32 heavy (non-hydrogen) atoms. The molecule has 0 atom stereocenters. The molecule has 5 heteroatoms. The van der Waals surface area contributed by atoms with Crippen LogP contribution in [0.4, 0.5) is 0 Å². The van der Waals surface area contributed by atoms with Crippen LogP contribution in [0, 0.1) is 0 Å². The van der Waals surface area contributed by atoms with Crippen LogP contribution in [0.3, 0.4) is 0 Å². The normalized spacial score (nSPS) is 14.4. The highest BCUT2D eigenvalue weighted by molar-refractivity contribution is 6.07. The van der Waals surface area contributed by atoms with Gasteiger partial charge >= 0.3 is 0 Å². The summed E-state index contributed by atoms with van der Waals surface area (Å²) in [7, 11) is 0. The zero-order valence-corrected chi connectivity index (χ0v) is 18.8. The molecular formula is C27H32N2O3. The Hall–Kier alpha value is -2.89. The van der Waals surface area contributed by atoms with E-state index in [4.69, 9.17) is 9.47 Å². The SMILES string of the molecule is CCOc1ccc(CN(CCCN2CCOCC2)C(=O)c2cccc3ccccc23)cc1. The molecule has 0 aromatic heterocycles. The number of nitrogens with zero attached hydrogens (tertiary/aromatic N) is 2. The van der Waals surface area contributed by atoms with E-state index in [0.29, 0.717) is 19.7 Å². The van der Waals surface area contributed by atoms with Crippen molar-refractivity contribution in [1.82, 2.24) is 9.80 Å². The predicted octanol–water partition coefficient (Wildman–Crippen LogP) is 4.60. The van der Waals surface area contributed by atoms with Gasteiger partial charge in [0.25, 0.3) is 5.91 Å². The highest BCUT2D eigenvalue weighted by Crippen LogP contribution is 2.22. The number of benzene rings is 3. The molecule has 1 fully saturated rings. The second-order valence-electron chi connectivity index (χ2n) is 8.14. The molecule has 1 aliphatic rings. The molecule has 1 heterocycles. The Kier molecular flexibility index (Phi) is 7.75. The first kappa shape index (κ1) is 22.3. The van der Waals surface area contributed by atoms with E-state index in [9.17, 15) is 4.79 Å². The van der Waals surface area contributed by atoms with Crippen LogP contribution >= 0.6 is 0 Å². The molecule has 3 aromatic carbocycles. The van der Waals surface area contributed by atoms with Gasteiger partial charge in [-0.25, -0.2) is 0 Å². The van der Waals surface area contributed by atoms with Crippen molar-refractivity contribution in [3.8, 4) is 5.75 Å². The van der Waals surface area contributed by atoms with Crippen molar-refractivity contribution < 1.29 is 14.3 Å². The Morgan fingerprint density at radius 1 is 1.00 bits per heavy atom. The van der Waals surface area contributed by atoms with Crippen molar-refractivity contribution in [2.24, 2.45) is 0 Å². The molecule has 168 valence electrons. The van der Waals surface area contributed by atoms with Gasteiger partial charge in [-0.05, 0) is 47.9 Å². The molecule has 0 unspecified atom stereocenters. The number of fused-ring (bicyclic) bond motifs is 1. The van der Waals surface area contributed by atoms with Crippen molar-refractivity contribution in [2.45, 2.75) is 19.9 Å². The maximum Gasteiger partial charge on any atom is 0.254 e. The quantitative estimate of drug-likeness (QED) is 0.495. The van der Waals surface area contributed by atoms with Crippen molar-refractivity contribution in [1.29, 1.82) is 0 Å². The van der Waals surface area contributed by atoms with Crippen LogP contribution in [0.5, 0.6) is 5.75 Å². The lowest BCUT2D eigenvalue weighted by atomic mass is 10.0. The molecule has 5 nitrogen and oxygen atoms in total. The largest absolute Gasteiger partial charge is 0.494 e. The maximum atomic E-state index is 13.7. The van der Waals surface area contributed by atoms with Gasteiger partial charge in [0, 0.05) is 38.3 Å². The molecule has 0 spiro atoms. The number of hydrogen-bond donors (Lipinski definition) is 0. The fourth-order valence-corrected chi connectivity index (χ4v) is 4.22. The fourth-order valence-electron chi connectivity index (χ4n) is 4.22. The Morgan fingerprint density at radius 3 is 2.53 bits per heavy atom. The Labute approximate surface area is 190 Å². The molecule has 4 rings (SSSR count). The lowest BCUT2D eigenvalue weighted by molar-refractivity contribution is 0.0355. The summed E-state index contributed by atoms with van der Waals surface area (Å²) in [5.41, 5.74) is 1.87. The summed E-state index contributed by atoms with van der Waals surface area (Å²) < 4.78 is 11.0. The van der Waals surface area contributed by atoms with Gasteiger partial charge in [-0.3, -0.25) is 9.69 Å². The third-order valence-corrected chi connectivity index (χ3v) is 5.92. The number of carbonyl (C=O) groups is 1. The average Bonchev–Trinajstić information content (AvgIpc) is 2.84. The lowest BCUT2D eigenvalue weighted by Crippen LogP contribution is -2.39. The molecular weight excluding hydrogens is 400 g/mol. The average molecular weight is 433 g/mol. The van der Waals surface area contributed by atoms with E-state index in [1.54, 1.807) is 0 Å². The number of amides is 1. The van der Waals surface area contributed by atoms with E-state index < -0.39 is 0 Å². The molecule has 1 saturated heterocycles. The number of ether oxygens (including phenoxy) is 2. The van der Waals surface area contributed by atoms with E-state index >= 15 is 0 Å². The molecule has 1 aliphatic heterocycles. The first-order chi connectivity index (χ1) is 15.7. The summed E-state index contributed by atoms with van der Waals surface area (Å²) in [6.07, 6.45) is 0.938. The number of rotatable bonds is 9. The predicted molar refractivity (Wildman–Crippen MR) is 128 cm³/mol. The van der Waals surface area contributed by atoms with Gasteiger partial charge in [-0.15, -0.1) is 0 Å². The molecule has 0 aliphatic carbocycles. The minimum absolute atomic E-state index is 0.0812. The monoisotopic (exact) mass is 432 g/mol. The zero-order chi connectivity index (χ0) is 22.2. The minimum Gasteiger partial charge on any atom is -0.494 e. The van der Waals surface area contributed by atoms with Gasteiger partial charge in [0.15, 0.2) is 0 Å². The summed E-state index contributed by atoms with van der Waals surface area (Å²) in [6, 6.07) is 22.1. The minimum atomic E-state index is 0.0812. The summed E-state index contributed by atoms with van der Waals surface area (Å²) in [4.78, 5) is 18.1. The van der Waals surface area contributed by atoms with Gasteiger partial charge < -0.3 is 14.4 Å². The lowest BCUT2D eigenvalue weighted by Gasteiger charge is -2.28. The smallest absolute Gasteiger partial charge is 0.254 e. The summed E-state index contributed by atoms with van der Waals surface area (Å²) in [5.74, 6) is 0.938. The maximum absolute atomic E-state index is 13.7. The van der Waals surface area contributed by atoms with E-state index in [1.807, 2.05) is 54.3 Å². The van der Waals surface area contributed by atoms with Gasteiger partial charge in [-0.1, -0.05) is 48.5 Å². The van der Waals surface area contributed by atoms with Crippen LogP contribution < -0.4 is 4.74 Å². The summed E-state index contributed by atoms with van der Waals surface area (Å²) >= 11 is 0. The first-order valence-electron chi connectivity index (χ1n) is 11.5. The summed E-state index contributed by atoms with van der Waals surface area (Å²) in [5, 5.41) is 2.09. The Bertz CT molecular complexity index is 1010. The van der Waals surface area contributed by atoms with Gasteiger partial charge in [-0.2, -0.15) is 0 Å². The van der Waals surface area contributed by atoms with Gasteiger partial charge in [0.05, 0.1) is 19.8 Å². The van der Waals surface area contributed by atoms with Crippen LogP contribution in [-0.4, -0.2) is 61.7 Å². The van der Waals surface area contributed by atoms with Crippen LogP contribution in [0.25, 0.3) is 10.8 Å². The molecule has 1 amide bonds. The highest BCUT2D eigenvalue weighted by Gasteiger charge is 2.19. The van der Waals surface area contributed by atoms with E-state index in [2.05, 4.69) is 29.2 Å². The van der Waals surface area contributed by atoms with E-state index in [0.717, 1.165) is 66.9 Å². The van der Waals surface area contributed by atoms with Crippen LogP contribution in [0.2, 0.25) is 0 Å². The van der Waals surface area contributed by atoms with Gasteiger partial charge in [0.2, 0.25) is 0 Å². The van der Waals surface area contributed by atoms with Gasteiger partial charge in [0.1, 0.15) is 5.75 Å². The molecule has 0 N–H and O–H groups in total. The number of hydrogen-bond acceptors (Lipinski definition) is 4. The van der Waals surface area contributed by atoms with E-state index in [1.165, 1.54) is 0 Å². The number of carbonyl (C=O) groups excluding carboxylic acids is 1. The molecule has 0 radical (unpaired) electrons. The Balaban J connectivity index is 1.52. The van der Waals surface area contributed by atoms with Crippen LogP contribution in [0.1, 0.15) is 29.3 Å². The van der Waals surface area contributed by atoms with E-state index in [-0.39, 0.29) is 5.91 Å². The van der Waals surface area contributed by atoms with Crippen molar-refractivity contribution in [3.05, 3.63) is 77.9 Å². The number of morpholine rings is 1. The van der Waals surface area contributed by atoms with Crippen molar-refractivity contribution in [3.63, 3.8) is 0 Å². The van der Waals surface area contributed by atoms with Crippen LogP contribution in [0.15, 0.2) is 66.7 Å². The first-order valence-corrected chi connectivity index (χ1v) is 11.5. The second-order valence-corrected chi connectivity index (χ2v) is 8.14. The second kappa shape index (κ2) is 11.1. The molecule has 3 aromatic rings. The summed E-state index contributed by atoms with van der Waals surface area (Å²) in [6.45, 7) is 8.43. The third kappa shape index (κ3) is 5.67. The van der Waals surface area contributed by atoms with Crippen LogP contribution in [-0.2, 0) is 11.3 Å².